The molecule has 26 heavy (non-hydrogen) atoms. The molecule has 6 nitrogen and oxygen atoms in total. The summed E-state index contributed by atoms with van der Waals surface area (Å²) >= 11 is 3.21. The number of nitrogens with zero attached hydrogens (tertiary/aromatic N) is 2. The van der Waals surface area contributed by atoms with Crippen LogP contribution in [-0.2, 0) is 16.1 Å². The molecular weight excluding hydrogens is 368 g/mol. The normalized spacial score (nSPS) is 17.0. The van der Waals surface area contributed by atoms with Crippen molar-refractivity contribution in [1.29, 1.82) is 0 Å². The van der Waals surface area contributed by atoms with Crippen LogP contribution in [0.2, 0.25) is 0 Å². The van der Waals surface area contributed by atoms with Gasteiger partial charge >= 0.3 is 11.8 Å². The highest BCUT2D eigenvalue weighted by Gasteiger charge is 2.25. The summed E-state index contributed by atoms with van der Waals surface area (Å²) in [5, 5.41) is 11.6. The van der Waals surface area contributed by atoms with Crippen molar-refractivity contribution < 1.29 is 9.59 Å². The highest BCUT2D eigenvalue weighted by molar-refractivity contribution is 7.09. The van der Waals surface area contributed by atoms with Crippen LogP contribution in [0.3, 0.4) is 0 Å². The van der Waals surface area contributed by atoms with Crippen molar-refractivity contribution in [3.8, 4) is 0 Å². The highest BCUT2D eigenvalue weighted by Crippen LogP contribution is 2.23. The molecule has 1 atom stereocenters. The van der Waals surface area contributed by atoms with Crippen LogP contribution in [0.4, 0.5) is 0 Å². The molecule has 2 aromatic rings. The first kappa shape index (κ1) is 19.0. The van der Waals surface area contributed by atoms with Crippen molar-refractivity contribution in [3.63, 3.8) is 0 Å². The first-order chi connectivity index (χ1) is 12.6. The number of amides is 2. The van der Waals surface area contributed by atoms with Gasteiger partial charge in [0.1, 0.15) is 0 Å². The summed E-state index contributed by atoms with van der Waals surface area (Å²) < 4.78 is 0. The largest absolute Gasteiger partial charge is 0.346 e. The minimum atomic E-state index is -0.583. The van der Waals surface area contributed by atoms with Crippen molar-refractivity contribution in [2.45, 2.75) is 12.6 Å². The van der Waals surface area contributed by atoms with E-state index in [1.165, 1.54) is 5.56 Å². The molecule has 0 aromatic carbocycles. The number of likely N-dealkylation sites (N-methyl/N-ethyl adjacent to an activating group) is 1. The molecular formula is C18H24N4O2S2. The van der Waals surface area contributed by atoms with Gasteiger partial charge < -0.3 is 15.5 Å². The van der Waals surface area contributed by atoms with Gasteiger partial charge in [0.15, 0.2) is 0 Å². The van der Waals surface area contributed by atoms with Gasteiger partial charge in [-0.2, -0.15) is 11.3 Å². The molecule has 0 saturated carbocycles. The molecule has 8 heteroatoms. The van der Waals surface area contributed by atoms with E-state index in [-0.39, 0.29) is 6.04 Å². The van der Waals surface area contributed by atoms with E-state index in [0.29, 0.717) is 13.1 Å². The molecule has 0 bridgehead atoms. The lowest BCUT2D eigenvalue weighted by molar-refractivity contribution is -0.139. The third-order valence-electron chi connectivity index (χ3n) is 4.57. The van der Waals surface area contributed by atoms with Crippen LogP contribution in [0.1, 0.15) is 16.5 Å². The Labute approximate surface area is 161 Å². The monoisotopic (exact) mass is 392 g/mol. The van der Waals surface area contributed by atoms with Crippen molar-refractivity contribution in [2.75, 3.05) is 39.8 Å². The summed E-state index contributed by atoms with van der Waals surface area (Å²) in [7, 11) is 2.12. The first-order valence-corrected chi connectivity index (χ1v) is 10.5. The molecule has 1 saturated heterocycles. The molecule has 3 heterocycles. The van der Waals surface area contributed by atoms with E-state index in [2.05, 4.69) is 38.9 Å². The lowest BCUT2D eigenvalue weighted by Gasteiger charge is -2.37. The maximum absolute atomic E-state index is 12.2. The fourth-order valence-corrected chi connectivity index (χ4v) is 4.34. The van der Waals surface area contributed by atoms with Gasteiger partial charge in [0.05, 0.1) is 12.6 Å². The zero-order valence-corrected chi connectivity index (χ0v) is 16.4. The Kier molecular flexibility index (Phi) is 6.79. The van der Waals surface area contributed by atoms with E-state index in [1.54, 1.807) is 22.7 Å². The van der Waals surface area contributed by atoms with Gasteiger partial charge in [0.25, 0.3) is 0 Å². The van der Waals surface area contributed by atoms with E-state index in [4.69, 9.17) is 0 Å². The molecule has 2 aromatic heterocycles. The Morgan fingerprint density at radius 2 is 1.88 bits per heavy atom. The van der Waals surface area contributed by atoms with Gasteiger partial charge in [-0.15, -0.1) is 11.3 Å². The summed E-state index contributed by atoms with van der Waals surface area (Å²) in [6, 6.07) is 6.05. The fourth-order valence-electron chi connectivity index (χ4n) is 2.99. The number of rotatable bonds is 6. The molecule has 2 amide bonds. The molecule has 1 fully saturated rings. The molecule has 1 aliphatic heterocycles. The molecule has 140 valence electrons. The van der Waals surface area contributed by atoms with Crippen LogP contribution >= 0.6 is 22.7 Å². The average Bonchev–Trinajstić information content (AvgIpc) is 3.35. The number of hydrogen-bond acceptors (Lipinski definition) is 6. The molecule has 0 radical (unpaired) electrons. The zero-order chi connectivity index (χ0) is 18.4. The van der Waals surface area contributed by atoms with Crippen molar-refractivity contribution in [3.05, 3.63) is 44.8 Å². The SMILES string of the molecule is CN1CCN([C@H](CNC(=O)C(=O)NCc2cccs2)c2ccsc2)CC1. The van der Waals surface area contributed by atoms with Gasteiger partial charge in [-0.25, -0.2) is 0 Å². The Balaban J connectivity index is 1.53. The van der Waals surface area contributed by atoms with E-state index < -0.39 is 11.8 Å². The number of thiophene rings is 2. The Hall–Kier alpha value is -1.74. The lowest BCUT2D eigenvalue weighted by Crippen LogP contribution is -2.49. The smallest absolute Gasteiger partial charge is 0.309 e. The predicted molar refractivity (Wildman–Crippen MR) is 105 cm³/mol. The second-order valence-electron chi connectivity index (χ2n) is 6.38. The Bertz CT molecular complexity index is 695. The van der Waals surface area contributed by atoms with Gasteiger partial charge in [-0.3, -0.25) is 14.5 Å². The molecule has 0 aliphatic carbocycles. The topological polar surface area (TPSA) is 64.7 Å². The van der Waals surface area contributed by atoms with Crippen molar-refractivity contribution in [1.82, 2.24) is 20.4 Å². The van der Waals surface area contributed by atoms with Crippen LogP contribution in [0.25, 0.3) is 0 Å². The number of piperazine rings is 1. The fraction of sp³-hybridized carbons (Fsp3) is 0.444. The third-order valence-corrected chi connectivity index (χ3v) is 6.15. The minimum Gasteiger partial charge on any atom is -0.346 e. The van der Waals surface area contributed by atoms with E-state index in [1.807, 2.05) is 22.9 Å². The summed E-state index contributed by atoms with van der Waals surface area (Å²) in [4.78, 5) is 29.9. The summed E-state index contributed by atoms with van der Waals surface area (Å²) in [5.74, 6) is -1.16. The number of hydrogen-bond donors (Lipinski definition) is 2. The molecule has 0 spiro atoms. The Morgan fingerprint density at radius 1 is 1.12 bits per heavy atom. The maximum atomic E-state index is 12.2. The molecule has 2 N–H and O–H groups in total. The number of carbonyl (C=O) groups is 2. The third kappa shape index (κ3) is 5.14. The first-order valence-electron chi connectivity index (χ1n) is 8.66. The van der Waals surface area contributed by atoms with Crippen LogP contribution in [0.15, 0.2) is 34.3 Å². The quantitative estimate of drug-likeness (QED) is 0.732. The molecule has 3 rings (SSSR count). The highest BCUT2D eigenvalue weighted by atomic mass is 32.1. The number of nitrogens with one attached hydrogen (secondary N) is 2. The predicted octanol–water partition coefficient (Wildman–Crippen LogP) is 1.53. The second-order valence-corrected chi connectivity index (χ2v) is 8.20. The van der Waals surface area contributed by atoms with Gasteiger partial charge in [0.2, 0.25) is 0 Å². The van der Waals surface area contributed by atoms with Crippen LogP contribution in [0.5, 0.6) is 0 Å². The van der Waals surface area contributed by atoms with Gasteiger partial charge in [0, 0.05) is 37.6 Å². The van der Waals surface area contributed by atoms with Gasteiger partial charge in [-0.1, -0.05) is 6.07 Å². The van der Waals surface area contributed by atoms with Crippen molar-refractivity contribution in [2.24, 2.45) is 0 Å². The van der Waals surface area contributed by atoms with Crippen molar-refractivity contribution >= 4 is 34.5 Å². The summed E-state index contributed by atoms with van der Waals surface area (Å²) in [6.07, 6.45) is 0. The maximum Gasteiger partial charge on any atom is 0.309 e. The zero-order valence-electron chi connectivity index (χ0n) is 14.8. The summed E-state index contributed by atoms with van der Waals surface area (Å²) in [5.41, 5.74) is 1.19. The number of carbonyl (C=O) groups excluding carboxylic acids is 2. The average molecular weight is 393 g/mol. The van der Waals surface area contributed by atoms with E-state index >= 15 is 0 Å². The van der Waals surface area contributed by atoms with Crippen LogP contribution in [-0.4, -0.2) is 61.4 Å². The standard InChI is InChI=1S/C18H24N4O2S2/c1-21-5-7-22(8-6-21)16(14-4-10-25-13-14)12-20-18(24)17(23)19-11-15-3-2-9-26-15/h2-4,9-10,13,16H,5-8,11-12H2,1H3,(H,19,23)(H,20,24)/t16-/m1/s1. The van der Waals surface area contributed by atoms with E-state index in [9.17, 15) is 9.59 Å². The lowest BCUT2D eigenvalue weighted by atomic mass is 10.1. The van der Waals surface area contributed by atoms with Crippen LogP contribution in [0, 0.1) is 0 Å². The second kappa shape index (κ2) is 9.27. The molecule has 0 unspecified atom stereocenters. The molecule has 1 aliphatic rings. The van der Waals surface area contributed by atoms with Gasteiger partial charge in [-0.05, 0) is 40.9 Å². The van der Waals surface area contributed by atoms with E-state index in [0.717, 1.165) is 31.1 Å². The van der Waals surface area contributed by atoms with Crippen LogP contribution < -0.4 is 10.6 Å². The minimum absolute atomic E-state index is 0.101. The summed E-state index contributed by atoms with van der Waals surface area (Å²) in [6.45, 7) is 4.75. The Morgan fingerprint density at radius 3 is 2.54 bits per heavy atom.